The third-order valence-electron chi connectivity index (χ3n) is 7.42. The second kappa shape index (κ2) is 12.1. The number of aromatic nitrogens is 4. The molecule has 0 amide bonds. The van der Waals surface area contributed by atoms with Crippen molar-refractivity contribution in [1.29, 1.82) is 0 Å². The largest absolute Gasteiger partial charge is 0.496 e. The van der Waals surface area contributed by atoms with Crippen LogP contribution in [0.5, 0.6) is 11.8 Å². The first-order valence-electron chi connectivity index (χ1n) is 13.6. The topological polar surface area (TPSA) is 118 Å². The third kappa shape index (κ3) is 5.73. The van der Waals surface area contributed by atoms with Crippen molar-refractivity contribution in [2.24, 2.45) is 0 Å². The van der Waals surface area contributed by atoms with E-state index in [1.807, 2.05) is 0 Å². The van der Waals surface area contributed by atoms with Gasteiger partial charge in [0.2, 0.25) is 0 Å². The highest BCUT2D eigenvalue weighted by Gasteiger charge is 2.24. The summed E-state index contributed by atoms with van der Waals surface area (Å²) in [5.74, 6) is -2.16. The lowest BCUT2D eigenvalue weighted by molar-refractivity contribution is -0.0618. The minimum Gasteiger partial charge on any atom is -0.496 e. The van der Waals surface area contributed by atoms with E-state index in [-0.39, 0.29) is 59.6 Å². The zero-order valence-corrected chi connectivity index (χ0v) is 24.1. The Morgan fingerprint density at radius 2 is 1.91 bits per heavy atom. The molecule has 1 atom stereocenters. The van der Waals surface area contributed by atoms with Gasteiger partial charge in [-0.15, -0.1) is 0 Å². The molecule has 1 N–H and O–H groups in total. The third-order valence-corrected chi connectivity index (χ3v) is 7.66. The fourth-order valence-corrected chi connectivity index (χ4v) is 5.18. The molecule has 1 aliphatic rings. The number of carbonyl (C=O) groups is 1. The minimum absolute atomic E-state index is 0.00000789. The molecule has 6 rings (SSSR count). The van der Waals surface area contributed by atoms with Crippen molar-refractivity contribution in [3.63, 3.8) is 0 Å². The first-order chi connectivity index (χ1) is 21.2. The van der Waals surface area contributed by atoms with Gasteiger partial charge in [-0.05, 0) is 55.0 Å². The summed E-state index contributed by atoms with van der Waals surface area (Å²) >= 11 is 6.01. The molecule has 3 heterocycles. The maximum atomic E-state index is 15.5. The summed E-state index contributed by atoms with van der Waals surface area (Å²) in [6.07, 6.45) is 1.93. The van der Waals surface area contributed by atoms with Gasteiger partial charge in [0.05, 0.1) is 48.5 Å². The Morgan fingerprint density at radius 1 is 1.09 bits per heavy atom. The van der Waals surface area contributed by atoms with Gasteiger partial charge in [0.25, 0.3) is 5.56 Å². The molecular weight excluding hydrogens is 598 g/mol. The van der Waals surface area contributed by atoms with Gasteiger partial charge in [-0.3, -0.25) is 9.48 Å². The van der Waals surface area contributed by atoms with Gasteiger partial charge in [-0.1, -0.05) is 17.7 Å². The standard InChI is InChI=1S/C31H25ClF2N4O6/c1-42-28-12-20(32)4-2-18(28)16-44-31-35-8-6-26(36-31)23-13-24(33)19(10-25(23)34)14-38-29(39)22-5-3-17(30(40)41)11-27(22)37(38)15-21-7-9-43-21/h2-6,8,10-13,21H,7,9,14-16H2,1H3,(H,40,41)/t21-/m0/s1. The van der Waals surface area contributed by atoms with Crippen LogP contribution in [-0.2, 0) is 24.4 Å². The van der Waals surface area contributed by atoms with Gasteiger partial charge in [0, 0.05) is 34.5 Å². The number of rotatable bonds is 10. The van der Waals surface area contributed by atoms with E-state index in [1.165, 1.54) is 42.3 Å². The SMILES string of the molecule is COc1cc(Cl)ccc1COc1nccc(-c2cc(F)c(Cn3c(=O)c4ccc(C(=O)O)cc4n3C[C@@H]3CCO3)cc2F)n1. The molecule has 1 saturated heterocycles. The summed E-state index contributed by atoms with van der Waals surface area (Å²) in [5, 5.41) is 10.2. The van der Waals surface area contributed by atoms with Crippen LogP contribution in [0.4, 0.5) is 8.78 Å². The molecule has 0 radical (unpaired) electrons. The van der Waals surface area contributed by atoms with Crippen LogP contribution < -0.4 is 15.0 Å². The van der Waals surface area contributed by atoms with Crippen LogP contribution in [0.1, 0.15) is 27.9 Å². The second-order valence-corrected chi connectivity index (χ2v) is 10.6. The lowest BCUT2D eigenvalue weighted by atomic mass is 10.1. The second-order valence-electron chi connectivity index (χ2n) is 10.2. The predicted octanol–water partition coefficient (Wildman–Crippen LogP) is 5.31. The molecule has 10 nitrogen and oxygen atoms in total. The van der Waals surface area contributed by atoms with Gasteiger partial charge in [0.15, 0.2) is 0 Å². The highest BCUT2D eigenvalue weighted by Crippen LogP contribution is 2.28. The maximum absolute atomic E-state index is 15.5. The number of hydrogen-bond donors (Lipinski definition) is 1. The molecule has 1 aliphatic heterocycles. The first kappa shape index (κ1) is 29.3. The Morgan fingerprint density at radius 3 is 2.64 bits per heavy atom. The number of hydrogen-bond acceptors (Lipinski definition) is 7. The van der Waals surface area contributed by atoms with Crippen molar-refractivity contribution in [3.05, 3.63) is 104 Å². The van der Waals surface area contributed by atoms with Crippen LogP contribution in [0.3, 0.4) is 0 Å². The Labute approximate surface area is 254 Å². The number of halogens is 3. The van der Waals surface area contributed by atoms with E-state index in [1.54, 1.807) is 22.9 Å². The quantitative estimate of drug-likeness (QED) is 0.223. The number of benzene rings is 3. The molecule has 0 spiro atoms. The summed E-state index contributed by atoms with van der Waals surface area (Å²) in [7, 11) is 1.50. The summed E-state index contributed by atoms with van der Waals surface area (Å²) < 4.78 is 50.4. The van der Waals surface area contributed by atoms with E-state index in [2.05, 4.69) is 9.97 Å². The molecule has 0 unspecified atom stereocenters. The van der Waals surface area contributed by atoms with Crippen LogP contribution in [0.25, 0.3) is 22.2 Å². The van der Waals surface area contributed by atoms with E-state index in [0.29, 0.717) is 28.5 Å². The summed E-state index contributed by atoms with van der Waals surface area (Å²) in [6, 6.07) is 12.6. The number of aromatic carboxylic acids is 1. The number of fused-ring (bicyclic) bond motifs is 1. The Hall–Kier alpha value is -4.81. The van der Waals surface area contributed by atoms with Gasteiger partial charge in [-0.25, -0.2) is 23.2 Å². The summed E-state index contributed by atoms with van der Waals surface area (Å²) in [5.41, 5.74) is 0.483. The summed E-state index contributed by atoms with van der Waals surface area (Å²) in [6.45, 7) is 0.561. The Kier molecular flexibility index (Phi) is 8.02. The lowest BCUT2D eigenvalue weighted by Crippen LogP contribution is -2.35. The molecule has 13 heteroatoms. The number of nitrogens with zero attached hydrogens (tertiary/aromatic N) is 4. The van der Waals surface area contributed by atoms with Crippen LogP contribution in [0.15, 0.2) is 65.6 Å². The summed E-state index contributed by atoms with van der Waals surface area (Å²) in [4.78, 5) is 33.3. The van der Waals surface area contributed by atoms with Gasteiger partial charge in [0.1, 0.15) is 24.0 Å². The normalized spacial score (nSPS) is 14.4. The van der Waals surface area contributed by atoms with Crippen molar-refractivity contribution in [1.82, 2.24) is 19.3 Å². The molecule has 0 saturated carbocycles. The lowest BCUT2D eigenvalue weighted by Gasteiger charge is -2.28. The molecule has 0 bridgehead atoms. The maximum Gasteiger partial charge on any atom is 0.335 e. The predicted molar refractivity (Wildman–Crippen MR) is 156 cm³/mol. The monoisotopic (exact) mass is 622 g/mol. The van der Waals surface area contributed by atoms with Crippen molar-refractivity contribution in [2.75, 3.05) is 13.7 Å². The van der Waals surface area contributed by atoms with Crippen LogP contribution in [-0.4, -0.2) is 50.2 Å². The smallest absolute Gasteiger partial charge is 0.335 e. The Bertz CT molecular complexity index is 1960. The van der Waals surface area contributed by atoms with E-state index in [4.69, 9.17) is 25.8 Å². The number of carboxylic acid groups (broad SMARTS) is 1. The number of ether oxygens (including phenoxy) is 3. The zero-order valence-electron chi connectivity index (χ0n) is 23.3. The molecule has 3 aromatic carbocycles. The van der Waals surface area contributed by atoms with Gasteiger partial charge in [-0.2, -0.15) is 4.98 Å². The molecule has 2 aromatic heterocycles. The number of methoxy groups -OCH3 is 1. The van der Waals surface area contributed by atoms with Crippen LogP contribution in [0, 0.1) is 11.6 Å². The molecule has 1 fully saturated rings. The minimum atomic E-state index is -1.15. The average molecular weight is 623 g/mol. The molecule has 226 valence electrons. The fraction of sp³-hybridized carbons (Fsp3) is 0.226. The first-order valence-corrected chi connectivity index (χ1v) is 13.9. The fourth-order valence-electron chi connectivity index (χ4n) is 5.02. The zero-order chi connectivity index (χ0) is 31.0. The molecule has 0 aliphatic carbocycles. The highest BCUT2D eigenvalue weighted by atomic mass is 35.5. The van der Waals surface area contributed by atoms with Crippen molar-refractivity contribution >= 4 is 28.5 Å². The Balaban J connectivity index is 1.29. The van der Waals surface area contributed by atoms with Crippen molar-refractivity contribution < 1.29 is 32.9 Å². The van der Waals surface area contributed by atoms with E-state index in [9.17, 15) is 14.7 Å². The average Bonchev–Trinajstić information content (AvgIpc) is 3.25. The van der Waals surface area contributed by atoms with Crippen LogP contribution in [0.2, 0.25) is 5.02 Å². The van der Waals surface area contributed by atoms with E-state index >= 15 is 8.78 Å². The van der Waals surface area contributed by atoms with Crippen molar-refractivity contribution in [2.45, 2.75) is 32.2 Å². The van der Waals surface area contributed by atoms with E-state index < -0.39 is 23.2 Å². The molecule has 44 heavy (non-hydrogen) atoms. The number of carboxylic acids is 1. The van der Waals surface area contributed by atoms with Crippen molar-refractivity contribution in [3.8, 4) is 23.0 Å². The van der Waals surface area contributed by atoms with E-state index in [0.717, 1.165) is 18.6 Å². The highest BCUT2D eigenvalue weighted by molar-refractivity contribution is 6.30. The molecular formula is C31H25ClF2N4O6. The van der Waals surface area contributed by atoms with Crippen LogP contribution >= 0.6 is 11.6 Å². The molecule has 5 aromatic rings. The van der Waals surface area contributed by atoms with Gasteiger partial charge < -0.3 is 19.3 Å². The van der Waals surface area contributed by atoms with Gasteiger partial charge >= 0.3 is 12.0 Å².